The zero-order chi connectivity index (χ0) is 25.1. The number of aromatic amines is 1. The Labute approximate surface area is 212 Å². The number of amides is 2. The van der Waals surface area contributed by atoms with Gasteiger partial charge in [0.2, 0.25) is 11.8 Å². The van der Waals surface area contributed by atoms with Crippen molar-refractivity contribution in [1.82, 2.24) is 9.88 Å². The number of H-pyrrole nitrogens is 1. The van der Waals surface area contributed by atoms with Crippen molar-refractivity contribution in [3.05, 3.63) is 77.5 Å². The van der Waals surface area contributed by atoms with Gasteiger partial charge in [-0.25, -0.2) is 9.59 Å². The fourth-order valence-electron chi connectivity index (χ4n) is 4.25. The van der Waals surface area contributed by atoms with Crippen molar-refractivity contribution in [3.63, 3.8) is 0 Å². The number of likely N-dealkylation sites (tertiary alicyclic amines) is 1. The van der Waals surface area contributed by atoms with Crippen molar-refractivity contribution in [2.24, 2.45) is 11.7 Å². The number of hydrogen-bond donors (Lipinski definition) is 3. The summed E-state index contributed by atoms with van der Waals surface area (Å²) in [6, 6.07) is 14.7. The lowest BCUT2D eigenvalue weighted by atomic mass is 9.95. The van der Waals surface area contributed by atoms with Gasteiger partial charge < -0.3 is 25.8 Å². The minimum Gasteiger partial charge on any atom is -0.478 e. The number of aliphatic carboxylic acids is 1. The Hall–Kier alpha value is -4.32. The smallest absolute Gasteiger partial charge is 0.340 e. The highest BCUT2D eigenvalue weighted by Gasteiger charge is 2.38. The van der Waals surface area contributed by atoms with Crippen LogP contribution in [0.3, 0.4) is 0 Å². The highest BCUT2D eigenvalue weighted by molar-refractivity contribution is 6.23. The molecule has 0 saturated carbocycles. The minimum absolute atomic E-state index is 0. The molecule has 0 radical (unpaired) electrons. The fraction of sp³-hybridized carbons (Fsp3) is 0.231. The number of nitrogens with one attached hydrogen (secondary N) is 1. The second-order valence-electron chi connectivity index (χ2n) is 8.50. The van der Waals surface area contributed by atoms with Crippen LogP contribution >= 0.6 is 0 Å². The minimum atomic E-state index is -1.30. The second-order valence-corrected chi connectivity index (χ2v) is 8.50. The Morgan fingerprint density at radius 2 is 1.86 bits per heavy atom. The van der Waals surface area contributed by atoms with Gasteiger partial charge in [-0.2, -0.15) is 0 Å². The van der Waals surface area contributed by atoms with E-state index in [0.29, 0.717) is 22.9 Å². The molecule has 1 aliphatic heterocycles. The number of rotatable bonds is 8. The average Bonchev–Trinajstić information content (AvgIpc) is 3.33. The van der Waals surface area contributed by atoms with Gasteiger partial charge in [0.25, 0.3) is 0 Å². The van der Waals surface area contributed by atoms with Gasteiger partial charge in [0.1, 0.15) is 6.23 Å². The van der Waals surface area contributed by atoms with E-state index in [1.165, 1.54) is 18.0 Å². The van der Waals surface area contributed by atoms with Gasteiger partial charge in [-0.05, 0) is 36.6 Å². The van der Waals surface area contributed by atoms with E-state index in [9.17, 15) is 24.3 Å². The molecule has 2 heterocycles. The molecular formula is C26H29N3O8. The first-order valence-electron chi connectivity index (χ1n) is 11.1. The fourth-order valence-corrected chi connectivity index (χ4v) is 4.25. The molecule has 1 aliphatic rings. The molecule has 2 atom stereocenters. The van der Waals surface area contributed by atoms with E-state index < -0.39 is 24.1 Å². The van der Waals surface area contributed by atoms with Gasteiger partial charge in [-0.1, -0.05) is 36.4 Å². The first-order chi connectivity index (χ1) is 16.7. The van der Waals surface area contributed by atoms with Crippen LogP contribution in [0.25, 0.3) is 16.5 Å². The third-order valence-electron chi connectivity index (χ3n) is 5.82. The topological polar surface area (TPSA) is 206 Å². The summed E-state index contributed by atoms with van der Waals surface area (Å²) >= 11 is 0. The largest absolute Gasteiger partial charge is 0.478 e. The molecule has 1 fully saturated rings. The lowest BCUT2D eigenvalue weighted by Crippen LogP contribution is -2.30. The summed E-state index contributed by atoms with van der Waals surface area (Å²) in [5, 5.41) is 9.86. The standard InChI is InChI=1S/C26H25N3O6.2H2O/c1-15(27)35-26(34)20(12-24(31)32)21-13-28-22-8-7-17(10-19(21)22)9-18-11-23(30)29(25(18)33)14-16-5-3-2-4-6-16;;/h2-8,10,12-13,15,18,28H,9,11,14,27H2,1H3,(H,31,32);2*1H2/b20-12-;;. The van der Waals surface area contributed by atoms with Crippen LogP contribution in [-0.2, 0) is 36.9 Å². The summed E-state index contributed by atoms with van der Waals surface area (Å²) < 4.78 is 5.02. The predicted octanol–water partition coefficient (Wildman–Crippen LogP) is 0.952. The first kappa shape index (κ1) is 28.9. The van der Waals surface area contributed by atoms with E-state index in [1.807, 2.05) is 36.4 Å². The SMILES string of the molecule is CC(N)OC(=O)/C(=C\C(=O)O)c1c[nH]c2ccc(CC3CC(=O)N(Cc4ccccc4)C3=O)cc12.O.O. The van der Waals surface area contributed by atoms with Crippen molar-refractivity contribution in [2.45, 2.75) is 32.5 Å². The molecule has 0 spiro atoms. The lowest BCUT2D eigenvalue weighted by molar-refractivity contribution is -0.141. The van der Waals surface area contributed by atoms with Crippen LogP contribution in [-0.4, -0.2) is 55.9 Å². The number of carboxylic acids is 1. The van der Waals surface area contributed by atoms with E-state index in [2.05, 4.69) is 4.98 Å². The number of carbonyl (C=O) groups is 4. The molecule has 0 bridgehead atoms. The maximum Gasteiger partial charge on any atom is 0.340 e. The van der Waals surface area contributed by atoms with Crippen molar-refractivity contribution in [1.29, 1.82) is 0 Å². The summed E-state index contributed by atoms with van der Waals surface area (Å²) in [5.41, 5.74) is 8.06. The Balaban J connectivity index is 0.00000241. The van der Waals surface area contributed by atoms with Gasteiger partial charge in [0.05, 0.1) is 18.0 Å². The number of carbonyl (C=O) groups excluding carboxylic acids is 3. The molecule has 11 heteroatoms. The zero-order valence-corrected chi connectivity index (χ0v) is 20.1. The van der Waals surface area contributed by atoms with E-state index in [1.54, 1.807) is 12.1 Å². The summed E-state index contributed by atoms with van der Waals surface area (Å²) in [6.07, 6.45) is 1.84. The molecule has 2 unspecified atom stereocenters. The Kier molecular flexibility index (Phi) is 9.44. The number of ether oxygens (including phenoxy) is 1. The normalized spacial score (nSPS) is 16.2. The Morgan fingerprint density at radius 1 is 1.16 bits per heavy atom. The van der Waals surface area contributed by atoms with Gasteiger partial charge in [-0.15, -0.1) is 0 Å². The molecule has 8 N–H and O–H groups in total. The first-order valence-corrected chi connectivity index (χ1v) is 11.1. The predicted molar refractivity (Wildman–Crippen MR) is 135 cm³/mol. The van der Waals surface area contributed by atoms with Gasteiger partial charge >= 0.3 is 11.9 Å². The lowest BCUT2D eigenvalue weighted by Gasteiger charge is -2.15. The number of hydrogen-bond acceptors (Lipinski definition) is 6. The van der Waals surface area contributed by atoms with Crippen LogP contribution in [0.5, 0.6) is 0 Å². The molecule has 4 rings (SSSR count). The molecule has 196 valence electrons. The Bertz CT molecular complexity index is 1330. The maximum absolute atomic E-state index is 13.0. The van der Waals surface area contributed by atoms with Gasteiger partial charge in [0, 0.05) is 35.2 Å². The third-order valence-corrected chi connectivity index (χ3v) is 5.82. The number of aromatic nitrogens is 1. The highest BCUT2D eigenvalue weighted by atomic mass is 16.6. The van der Waals surface area contributed by atoms with Crippen LogP contribution in [0.15, 0.2) is 60.8 Å². The van der Waals surface area contributed by atoms with Crippen LogP contribution < -0.4 is 5.73 Å². The number of benzene rings is 2. The highest BCUT2D eigenvalue weighted by Crippen LogP contribution is 2.30. The van der Waals surface area contributed by atoms with E-state index in [4.69, 9.17) is 10.5 Å². The number of esters is 1. The molecule has 1 aromatic heterocycles. The zero-order valence-electron chi connectivity index (χ0n) is 20.1. The van der Waals surface area contributed by atoms with E-state index >= 15 is 0 Å². The van der Waals surface area contributed by atoms with Crippen LogP contribution in [0.2, 0.25) is 0 Å². The number of fused-ring (bicyclic) bond motifs is 1. The number of nitrogens with zero attached hydrogens (tertiary/aromatic N) is 1. The molecular weight excluding hydrogens is 482 g/mol. The van der Waals surface area contributed by atoms with Crippen LogP contribution in [0.1, 0.15) is 30.0 Å². The molecule has 1 saturated heterocycles. The van der Waals surface area contributed by atoms with E-state index in [-0.39, 0.29) is 41.3 Å². The number of imide groups is 1. The molecule has 2 aromatic carbocycles. The second kappa shape index (κ2) is 12.1. The maximum atomic E-state index is 13.0. The summed E-state index contributed by atoms with van der Waals surface area (Å²) in [4.78, 5) is 53.7. The Morgan fingerprint density at radius 3 is 2.51 bits per heavy atom. The van der Waals surface area contributed by atoms with E-state index in [0.717, 1.165) is 17.2 Å². The quantitative estimate of drug-likeness (QED) is 0.172. The van der Waals surface area contributed by atoms with Gasteiger partial charge in [0.15, 0.2) is 0 Å². The third kappa shape index (κ3) is 6.47. The van der Waals surface area contributed by atoms with Crippen molar-refractivity contribution in [2.75, 3.05) is 0 Å². The van der Waals surface area contributed by atoms with Crippen LogP contribution in [0, 0.1) is 5.92 Å². The molecule has 2 amide bonds. The number of carboxylic acid groups (broad SMARTS) is 1. The summed E-state index contributed by atoms with van der Waals surface area (Å²) in [5.74, 6) is -3.09. The summed E-state index contributed by atoms with van der Waals surface area (Å²) in [7, 11) is 0. The van der Waals surface area contributed by atoms with Gasteiger partial charge in [-0.3, -0.25) is 20.2 Å². The molecule has 3 aromatic rings. The molecule has 37 heavy (non-hydrogen) atoms. The molecule has 0 aliphatic carbocycles. The average molecular weight is 512 g/mol. The van der Waals surface area contributed by atoms with Crippen molar-refractivity contribution < 1.29 is 40.0 Å². The van der Waals surface area contributed by atoms with Crippen LogP contribution in [0.4, 0.5) is 0 Å². The van der Waals surface area contributed by atoms with Crippen molar-refractivity contribution >= 4 is 40.2 Å². The monoisotopic (exact) mass is 511 g/mol. The summed E-state index contributed by atoms with van der Waals surface area (Å²) in [6.45, 7) is 1.70. The number of nitrogens with two attached hydrogens (primary N) is 1. The molecule has 11 nitrogen and oxygen atoms in total. The van der Waals surface area contributed by atoms with Crippen molar-refractivity contribution in [3.8, 4) is 0 Å².